The van der Waals surface area contributed by atoms with E-state index in [1.165, 1.54) is 24.8 Å². The molecule has 6 nitrogen and oxygen atoms in total. The number of nitrogens with zero attached hydrogens (tertiary/aromatic N) is 4. The van der Waals surface area contributed by atoms with Gasteiger partial charge in [-0.2, -0.15) is 0 Å². The Balaban J connectivity index is 1.42. The van der Waals surface area contributed by atoms with E-state index in [-0.39, 0.29) is 11.3 Å². The lowest BCUT2D eigenvalue weighted by molar-refractivity contribution is -0.130. The van der Waals surface area contributed by atoms with Crippen LogP contribution in [0.2, 0.25) is 0 Å². The average Bonchev–Trinajstić information content (AvgIpc) is 3.31. The standard InChI is InChI=1S/C22H30N4O2/c1-3-13-25-16-23-24-21(25)19-14-26(15-22(19)11-4-12-22)20(27)10-7-17-5-8-18(28-2)9-6-17/h5-6,8-9,16,19H,3-4,7,10-15H2,1-2H3. The summed E-state index contributed by atoms with van der Waals surface area (Å²) in [6.45, 7) is 4.77. The third kappa shape index (κ3) is 3.52. The van der Waals surface area contributed by atoms with Crippen molar-refractivity contribution in [2.75, 3.05) is 20.2 Å². The predicted molar refractivity (Wildman–Crippen MR) is 107 cm³/mol. The third-order valence-corrected chi connectivity index (χ3v) is 6.56. The molecule has 1 saturated carbocycles. The van der Waals surface area contributed by atoms with E-state index in [9.17, 15) is 4.79 Å². The summed E-state index contributed by atoms with van der Waals surface area (Å²) < 4.78 is 7.39. The van der Waals surface area contributed by atoms with Crippen molar-refractivity contribution in [3.05, 3.63) is 42.0 Å². The summed E-state index contributed by atoms with van der Waals surface area (Å²) in [5, 5.41) is 8.63. The van der Waals surface area contributed by atoms with E-state index in [1.54, 1.807) is 7.11 Å². The number of hydrogen-bond acceptors (Lipinski definition) is 4. The van der Waals surface area contributed by atoms with Crippen molar-refractivity contribution >= 4 is 5.91 Å². The summed E-state index contributed by atoms with van der Waals surface area (Å²) in [5.41, 5.74) is 1.39. The first-order valence-corrected chi connectivity index (χ1v) is 10.4. The Bertz CT molecular complexity index is 810. The zero-order chi connectivity index (χ0) is 19.6. The second kappa shape index (κ2) is 7.94. The largest absolute Gasteiger partial charge is 0.497 e. The lowest BCUT2D eigenvalue weighted by atomic mass is 9.62. The molecule has 1 aromatic carbocycles. The molecule has 4 rings (SSSR count). The first-order chi connectivity index (χ1) is 13.6. The third-order valence-electron chi connectivity index (χ3n) is 6.56. The van der Waals surface area contributed by atoms with Gasteiger partial charge in [0, 0.05) is 32.0 Å². The van der Waals surface area contributed by atoms with Crippen LogP contribution in [0.15, 0.2) is 30.6 Å². The van der Waals surface area contributed by atoms with Gasteiger partial charge in [-0.25, -0.2) is 0 Å². The maximum Gasteiger partial charge on any atom is 0.222 e. The molecule has 0 N–H and O–H groups in total. The molecule has 1 atom stereocenters. The fraction of sp³-hybridized carbons (Fsp3) is 0.591. The van der Waals surface area contributed by atoms with Crippen LogP contribution in [0.5, 0.6) is 5.75 Å². The first-order valence-electron chi connectivity index (χ1n) is 10.4. The number of aryl methyl sites for hydroxylation is 2. The second-order valence-corrected chi connectivity index (χ2v) is 8.27. The number of hydrogen-bond donors (Lipinski definition) is 0. The molecule has 2 aromatic rings. The fourth-order valence-electron chi connectivity index (χ4n) is 4.80. The molecule has 1 aliphatic carbocycles. The van der Waals surface area contributed by atoms with Crippen LogP contribution in [0.25, 0.3) is 0 Å². The van der Waals surface area contributed by atoms with Crippen molar-refractivity contribution in [3.63, 3.8) is 0 Å². The van der Waals surface area contributed by atoms with Gasteiger partial charge < -0.3 is 14.2 Å². The van der Waals surface area contributed by atoms with Gasteiger partial charge in [0.1, 0.15) is 17.9 Å². The molecule has 1 amide bonds. The summed E-state index contributed by atoms with van der Waals surface area (Å²) in [4.78, 5) is 15.0. The molecule has 28 heavy (non-hydrogen) atoms. The lowest BCUT2D eigenvalue weighted by Crippen LogP contribution is -2.38. The summed E-state index contributed by atoms with van der Waals surface area (Å²) in [6.07, 6.45) is 7.87. The molecule has 1 saturated heterocycles. The van der Waals surface area contributed by atoms with Crippen LogP contribution < -0.4 is 4.74 Å². The highest BCUT2D eigenvalue weighted by molar-refractivity contribution is 5.77. The number of amides is 1. The first kappa shape index (κ1) is 19.0. The molecule has 1 aliphatic heterocycles. The summed E-state index contributed by atoms with van der Waals surface area (Å²) in [6, 6.07) is 7.99. The van der Waals surface area contributed by atoms with Gasteiger partial charge >= 0.3 is 0 Å². The molecule has 0 radical (unpaired) electrons. The number of rotatable bonds is 7. The monoisotopic (exact) mass is 382 g/mol. The lowest BCUT2D eigenvalue weighted by Gasteiger charge is -2.42. The minimum Gasteiger partial charge on any atom is -0.497 e. The summed E-state index contributed by atoms with van der Waals surface area (Å²) in [7, 11) is 1.67. The van der Waals surface area contributed by atoms with Crippen LogP contribution in [0.4, 0.5) is 0 Å². The van der Waals surface area contributed by atoms with Crippen molar-refractivity contribution in [2.45, 2.75) is 57.9 Å². The molecule has 2 aliphatic rings. The van der Waals surface area contributed by atoms with E-state index >= 15 is 0 Å². The summed E-state index contributed by atoms with van der Waals surface area (Å²) >= 11 is 0. The highest BCUT2D eigenvalue weighted by atomic mass is 16.5. The maximum absolute atomic E-state index is 13.0. The van der Waals surface area contributed by atoms with Crippen LogP contribution in [-0.4, -0.2) is 45.8 Å². The van der Waals surface area contributed by atoms with Crippen molar-refractivity contribution in [2.24, 2.45) is 5.41 Å². The number of benzene rings is 1. The van der Waals surface area contributed by atoms with Crippen molar-refractivity contribution in [1.82, 2.24) is 19.7 Å². The van der Waals surface area contributed by atoms with Gasteiger partial charge in [-0.05, 0) is 48.8 Å². The van der Waals surface area contributed by atoms with Gasteiger partial charge in [-0.1, -0.05) is 25.5 Å². The van der Waals surface area contributed by atoms with Gasteiger partial charge in [0.05, 0.1) is 7.11 Å². The number of carbonyl (C=O) groups excluding carboxylic acids is 1. The molecule has 2 heterocycles. The molecule has 1 spiro atoms. The maximum atomic E-state index is 13.0. The Morgan fingerprint density at radius 2 is 2.07 bits per heavy atom. The van der Waals surface area contributed by atoms with E-state index in [1.807, 2.05) is 30.6 Å². The fourth-order valence-corrected chi connectivity index (χ4v) is 4.80. The van der Waals surface area contributed by atoms with E-state index in [0.717, 1.165) is 44.0 Å². The topological polar surface area (TPSA) is 60.2 Å². The van der Waals surface area contributed by atoms with Crippen LogP contribution >= 0.6 is 0 Å². The van der Waals surface area contributed by atoms with Gasteiger partial charge in [-0.3, -0.25) is 4.79 Å². The van der Waals surface area contributed by atoms with Crippen molar-refractivity contribution in [3.8, 4) is 5.75 Å². The molecule has 2 fully saturated rings. The van der Waals surface area contributed by atoms with Crippen molar-refractivity contribution in [1.29, 1.82) is 0 Å². The van der Waals surface area contributed by atoms with Crippen LogP contribution in [-0.2, 0) is 17.8 Å². The molecule has 6 heteroatoms. The van der Waals surface area contributed by atoms with Crippen LogP contribution in [0, 0.1) is 5.41 Å². The molecule has 1 aromatic heterocycles. The number of ether oxygens (including phenoxy) is 1. The molecular weight excluding hydrogens is 352 g/mol. The average molecular weight is 383 g/mol. The van der Waals surface area contributed by atoms with E-state index in [4.69, 9.17) is 4.74 Å². The van der Waals surface area contributed by atoms with E-state index in [2.05, 4.69) is 26.6 Å². The number of carbonyl (C=O) groups is 1. The zero-order valence-corrected chi connectivity index (χ0v) is 16.9. The SMILES string of the molecule is CCCn1cnnc1C1CN(C(=O)CCc2ccc(OC)cc2)CC12CCC2. The summed E-state index contributed by atoms with van der Waals surface area (Å²) in [5.74, 6) is 2.50. The highest BCUT2D eigenvalue weighted by Crippen LogP contribution is 2.55. The Hall–Kier alpha value is -2.37. The number of methoxy groups -OCH3 is 1. The van der Waals surface area contributed by atoms with Crippen molar-refractivity contribution < 1.29 is 9.53 Å². The Morgan fingerprint density at radius 3 is 2.71 bits per heavy atom. The molecular formula is C22H30N4O2. The van der Waals surface area contributed by atoms with Crippen LogP contribution in [0.3, 0.4) is 0 Å². The normalized spacial score (nSPS) is 20.4. The van der Waals surface area contributed by atoms with Gasteiger partial charge in [0.15, 0.2) is 0 Å². The molecule has 0 bridgehead atoms. The Kier molecular flexibility index (Phi) is 5.38. The highest BCUT2D eigenvalue weighted by Gasteiger charge is 2.53. The van der Waals surface area contributed by atoms with Gasteiger partial charge in [-0.15, -0.1) is 10.2 Å². The quantitative estimate of drug-likeness (QED) is 0.736. The minimum atomic E-state index is 0.217. The van der Waals surface area contributed by atoms with Gasteiger partial charge in [0.25, 0.3) is 0 Å². The van der Waals surface area contributed by atoms with E-state index < -0.39 is 0 Å². The predicted octanol–water partition coefficient (Wildman–Crippen LogP) is 3.43. The smallest absolute Gasteiger partial charge is 0.222 e. The minimum absolute atomic E-state index is 0.217. The number of likely N-dealkylation sites (tertiary alicyclic amines) is 1. The Morgan fingerprint density at radius 1 is 1.29 bits per heavy atom. The molecule has 1 unspecified atom stereocenters. The zero-order valence-electron chi connectivity index (χ0n) is 16.9. The van der Waals surface area contributed by atoms with Crippen LogP contribution in [0.1, 0.15) is 56.3 Å². The number of aromatic nitrogens is 3. The second-order valence-electron chi connectivity index (χ2n) is 8.27. The van der Waals surface area contributed by atoms with Gasteiger partial charge in [0.2, 0.25) is 5.91 Å². The molecule has 150 valence electrons. The van der Waals surface area contributed by atoms with E-state index in [0.29, 0.717) is 12.3 Å². The Labute approximate surface area is 166 Å².